The Hall–Kier alpha value is -6.42. The molecule has 0 spiro atoms. The van der Waals surface area contributed by atoms with Gasteiger partial charge in [0, 0.05) is 58.7 Å². The van der Waals surface area contributed by atoms with Crippen LogP contribution < -0.4 is 0 Å². The van der Waals surface area contributed by atoms with E-state index in [4.69, 9.17) is 0 Å². The second kappa shape index (κ2) is 11.0. The summed E-state index contributed by atoms with van der Waals surface area (Å²) in [7, 11) is 0. The molecule has 0 aliphatic heterocycles. The van der Waals surface area contributed by atoms with Gasteiger partial charge in [0.25, 0.3) is 0 Å². The number of hydrogen-bond donors (Lipinski definition) is 0. The van der Waals surface area contributed by atoms with E-state index in [1.807, 2.05) is 11.3 Å². The number of para-hydroxylation sites is 5. The van der Waals surface area contributed by atoms with E-state index in [0.29, 0.717) is 0 Å². The SMILES string of the molecule is c1ccc(-n2c3ccccc3c3ccc(-c4cc(-c5cccc6c7ccccc7n(-c7ccccc7)c56)c5c(c4)sc4ccccc45)cc32)cc1. The Morgan fingerprint density at radius 2 is 0.922 bits per heavy atom. The maximum atomic E-state index is 2.46. The molecule has 0 bridgehead atoms. The van der Waals surface area contributed by atoms with Crippen LogP contribution in [-0.2, 0) is 0 Å². The Labute approximate surface area is 298 Å². The minimum Gasteiger partial charge on any atom is -0.309 e. The lowest BCUT2D eigenvalue weighted by Gasteiger charge is -2.14. The molecule has 0 atom stereocenters. The summed E-state index contributed by atoms with van der Waals surface area (Å²) < 4.78 is 7.47. The lowest BCUT2D eigenvalue weighted by Crippen LogP contribution is -1.95. The number of benzene rings is 8. The molecule has 0 aliphatic rings. The van der Waals surface area contributed by atoms with E-state index in [0.717, 1.165) is 5.69 Å². The summed E-state index contributed by atoms with van der Waals surface area (Å²) in [5.41, 5.74) is 12.1. The zero-order chi connectivity index (χ0) is 33.5. The van der Waals surface area contributed by atoms with Crippen LogP contribution >= 0.6 is 11.3 Å². The van der Waals surface area contributed by atoms with Crippen LogP contribution in [0.25, 0.3) is 97.4 Å². The molecule has 11 rings (SSSR count). The summed E-state index contributed by atoms with van der Waals surface area (Å²) in [6.07, 6.45) is 0. The maximum Gasteiger partial charge on any atom is 0.0619 e. The zero-order valence-electron chi connectivity index (χ0n) is 27.6. The third-order valence-electron chi connectivity index (χ3n) is 10.5. The van der Waals surface area contributed by atoms with Crippen LogP contribution in [0.3, 0.4) is 0 Å². The monoisotopic (exact) mass is 666 g/mol. The number of rotatable bonds is 4. The summed E-state index contributed by atoms with van der Waals surface area (Å²) in [5, 5.41) is 7.68. The van der Waals surface area contributed by atoms with E-state index in [1.54, 1.807) is 0 Å². The van der Waals surface area contributed by atoms with Gasteiger partial charge in [0.1, 0.15) is 0 Å². The number of aromatic nitrogens is 2. The van der Waals surface area contributed by atoms with Crippen molar-refractivity contribution in [2.24, 2.45) is 0 Å². The first kappa shape index (κ1) is 28.4. The average Bonchev–Trinajstić information content (AvgIpc) is 3.86. The third kappa shape index (κ3) is 4.22. The molecule has 51 heavy (non-hydrogen) atoms. The summed E-state index contributed by atoms with van der Waals surface area (Å²) in [6.45, 7) is 0. The Morgan fingerprint density at radius 1 is 0.333 bits per heavy atom. The highest BCUT2D eigenvalue weighted by molar-refractivity contribution is 7.26. The van der Waals surface area contributed by atoms with Gasteiger partial charge in [-0.15, -0.1) is 11.3 Å². The fourth-order valence-electron chi connectivity index (χ4n) is 8.32. The predicted octanol–water partition coefficient (Wildman–Crippen LogP) is 13.6. The quantitative estimate of drug-likeness (QED) is 0.177. The van der Waals surface area contributed by atoms with Crippen LogP contribution in [0.2, 0.25) is 0 Å². The molecule has 11 aromatic rings. The summed E-state index contributed by atoms with van der Waals surface area (Å²) in [4.78, 5) is 0. The Kier molecular flexibility index (Phi) is 6.16. The van der Waals surface area contributed by atoms with Gasteiger partial charge in [-0.3, -0.25) is 0 Å². The first-order valence-electron chi connectivity index (χ1n) is 17.4. The molecule has 3 heterocycles. The van der Waals surface area contributed by atoms with Crippen LogP contribution in [0, 0.1) is 0 Å². The smallest absolute Gasteiger partial charge is 0.0619 e. The molecular weight excluding hydrogens is 637 g/mol. The van der Waals surface area contributed by atoms with Crippen molar-refractivity contribution in [3.8, 4) is 33.6 Å². The number of thiophene rings is 1. The van der Waals surface area contributed by atoms with Crippen molar-refractivity contribution >= 4 is 75.1 Å². The number of nitrogens with zero attached hydrogens (tertiary/aromatic N) is 2. The van der Waals surface area contributed by atoms with E-state index in [-0.39, 0.29) is 0 Å². The van der Waals surface area contributed by atoms with E-state index in [9.17, 15) is 0 Å². The normalized spacial score (nSPS) is 11.9. The van der Waals surface area contributed by atoms with E-state index >= 15 is 0 Å². The molecule has 0 N–H and O–H groups in total. The predicted molar refractivity (Wildman–Crippen MR) is 219 cm³/mol. The van der Waals surface area contributed by atoms with Crippen molar-refractivity contribution in [1.82, 2.24) is 9.13 Å². The van der Waals surface area contributed by atoms with Crippen molar-refractivity contribution in [2.75, 3.05) is 0 Å². The molecule has 0 fully saturated rings. The third-order valence-corrected chi connectivity index (χ3v) is 11.6. The molecule has 3 aromatic heterocycles. The number of hydrogen-bond acceptors (Lipinski definition) is 1. The number of fused-ring (bicyclic) bond motifs is 9. The Balaban J connectivity index is 1.24. The first-order chi connectivity index (χ1) is 25.3. The fourth-order valence-corrected chi connectivity index (χ4v) is 9.49. The molecule has 8 aromatic carbocycles. The van der Waals surface area contributed by atoms with Gasteiger partial charge in [-0.1, -0.05) is 121 Å². The average molecular weight is 667 g/mol. The highest BCUT2D eigenvalue weighted by Gasteiger charge is 2.21. The largest absolute Gasteiger partial charge is 0.309 e. The topological polar surface area (TPSA) is 9.86 Å². The van der Waals surface area contributed by atoms with E-state index in [2.05, 4.69) is 191 Å². The highest BCUT2D eigenvalue weighted by atomic mass is 32.1. The van der Waals surface area contributed by atoms with Crippen molar-refractivity contribution in [1.29, 1.82) is 0 Å². The molecule has 0 amide bonds. The van der Waals surface area contributed by atoms with Crippen molar-refractivity contribution in [3.63, 3.8) is 0 Å². The minimum absolute atomic E-state index is 1.16. The Morgan fingerprint density at radius 3 is 1.69 bits per heavy atom. The standard InChI is InChI=1S/C48H30N2S/c1-3-14-33(15-4-1)49-42-23-10-7-18-35(42)37-27-26-31(29-44(37)49)32-28-41(47-40-20-9-12-25-45(40)51-46(47)30-32)39-22-13-21-38-36-19-8-11-24-43(36)50(48(38)39)34-16-5-2-6-17-34/h1-30H. The highest BCUT2D eigenvalue weighted by Crippen LogP contribution is 2.46. The van der Waals surface area contributed by atoms with Gasteiger partial charge in [-0.25, -0.2) is 0 Å². The van der Waals surface area contributed by atoms with Gasteiger partial charge in [-0.2, -0.15) is 0 Å². The van der Waals surface area contributed by atoms with E-state index in [1.165, 1.54) is 91.7 Å². The summed E-state index contributed by atoms with van der Waals surface area (Å²) in [6, 6.07) is 66.7. The molecular formula is C48H30N2S. The van der Waals surface area contributed by atoms with E-state index < -0.39 is 0 Å². The van der Waals surface area contributed by atoms with Crippen LogP contribution in [-0.4, -0.2) is 9.13 Å². The molecule has 0 saturated heterocycles. The molecule has 0 saturated carbocycles. The van der Waals surface area contributed by atoms with Crippen LogP contribution in [0.5, 0.6) is 0 Å². The van der Waals surface area contributed by atoms with Gasteiger partial charge in [0.15, 0.2) is 0 Å². The van der Waals surface area contributed by atoms with Crippen molar-refractivity contribution in [3.05, 3.63) is 182 Å². The van der Waals surface area contributed by atoms with Gasteiger partial charge < -0.3 is 9.13 Å². The first-order valence-corrected chi connectivity index (χ1v) is 18.3. The van der Waals surface area contributed by atoms with Crippen LogP contribution in [0.1, 0.15) is 0 Å². The molecule has 2 nitrogen and oxygen atoms in total. The second-order valence-corrected chi connectivity index (χ2v) is 14.4. The van der Waals surface area contributed by atoms with Crippen molar-refractivity contribution < 1.29 is 0 Å². The van der Waals surface area contributed by atoms with Gasteiger partial charge in [0.05, 0.1) is 22.1 Å². The minimum atomic E-state index is 1.16. The molecule has 0 unspecified atom stereocenters. The summed E-state index contributed by atoms with van der Waals surface area (Å²) >= 11 is 1.89. The molecule has 0 radical (unpaired) electrons. The maximum absolute atomic E-state index is 2.46. The fraction of sp³-hybridized carbons (Fsp3) is 0. The molecule has 238 valence electrons. The summed E-state index contributed by atoms with van der Waals surface area (Å²) in [5.74, 6) is 0. The van der Waals surface area contributed by atoms with Crippen molar-refractivity contribution in [2.45, 2.75) is 0 Å². The van der Waals surface area contributed by atoms with Gasteiger partial charge in [-0.05, 0) is 77.4 Å². The second-order valence-electron chi connectivity index (χ2n) is 13.3. The zero-order valence-corrected chi connectivity index (χ0v) is 28.4. The Bertz CT molecular complexity index is 3130. The van der Waals surface area contributed by atoms with Crippen LogP contribution in [0.15, 0.2) is 182 Å². The van der Waals surface area contributed by atoms with Gasteiger partial charge >= 0.3 is 0 Å². The lowest BCUT2D eigenvalue weighted by molar-refractivity contribution is 1.18. The lowest BCUT2D eigenvalue weighted by atomic mass is 9.93. The van der Waals surface area contributed by atoms with Crippen LogP contribution in [0.4, 0.5) is 0 Å². The molecule has 3 heteroatoms. The molecule has 0 aliphatic carbocycles. The van der Waals surface area contributed by atoms with Gasteiger partial charge in [0.2, 0.25) is 0 Å².